The molecular formula is C17H22N8. The average Bonchev–Trinajstić information content (AvgIpc) is 3.21. The van der Waals surface area contributed by atoms with Crippen molar-refractivity contribution >= 4 is 11.9 Å². The van der Waals surface area contributed by atoms with Crippen LogP contribution in [0.4, 0.5) is 11.9 Å². The van der Waals surface area contributed by atoms with Crippen molar-refractivity contribution in [1.29, 1.82) is 0 Å². The SMILES string of the molecule is Cc1cccc(-n2nnnc2N2CCC(c3nc(N)[nH]c3C)CC2)c1. The van der Waals surface area contributed by atoms with Crippen LogP contribution in [0.2, 0.25) is 0 Å². The van der Waals surface area contributed by atoms with Crippen LogP contribution in [0, 0.1) is 13.8 Å². The maximum atomic E-state index is 5.78. The van der Waals surface area contributed by atoms with Gasteiger partial charge in [0.1, 0.15) is 0 Å². The van der Waals surface area contributed by atoms with Crippen molar-refractivity contribution in [3.8, 4) is 5.69 Å². The average molecular weight is 338 g/mol. The van der Waals surface area contributed by atoms with E-state index in [0.29, 0.717) is 11.9 Å². The van der Waals surface area contributed by atoms with Crippen LogP contribution >= 0.6 is 0 Å². The van der Waals surface area contributed by atoms with Crippen LogP contribution in [0.3, 0.4) is 0 Å². The molecular weight excluding hydrogens is 316 g/mol. The largest absolute Gasteiger partial charge is 0.369 e. The van der Waals surface area contributed by atoms with Crippen LogP contribution in [-0.4, -0.2) is 43.3 Å². The summed E-state index contributed by atoms with van der Waals surface area (Å²) in [5.74, 6) is 1.72. The number of aromatic amines is 1. The van der Waals surface area contributed by atoms with Gasteiger partial charge in [-0.2, -0.15) is 4.68 Å². The summed E-state index contributed by atoms with van der Waals surface area (Å²) in [6, 6.07) is 8.20. The van der Waals surface area contributed by atoms with Gasteiger partial charge in [0.05, 0.1) is 11.4 Å². The number of benzene rings is 1. The van der Waals surface area contributed by atoms with Crippen LogP contribution < -0.4 is 10.6 Å². The third kappa shape index (κ3) is 2.95. The Morgan fingerprint density at radius 1 is 1.20 bits per heavy atom. The predicted octanol–water partition coefficient (Wildman–Crippen LogP) is 1.97. The minimum atomic E-state index is 0.424. The third-order valence-electron chi connectivity index (χ3n) is 4.80. The molecule has 8 heteroatoms. The van der Waals surface area contributed by atoms with Gasteiger partial charge in [-0.3, -0.25) is 0 Å². The molecule has 25 heavy (non-hydrogen) atoms. The fourth-order valence-electron chi connectivity index (χ4n) is 3.55. The number of nitrogens with zero attached hydrogens (tertiary/aromatic N) is 6. The number of piperidine rings is 1. The highest BCUT2D eigenvalue weighted by Crippen LogP contribution is 2.31. The minimum Gasteiger partial charge on any atom is -0.369 e. The topological polar surface area (TPSA) is 102 Å². The zero-order valence-electron chi connectivity index (χ0n) is 14.5. The van der Waals surface area contributed by atoms with Gasteiger partial charge < -0.3 is 15.6 Å². The van der Waals surface area contributed by atoms with Gasteiger partial charge in [0, 0.05) is 24.7 Å². The fourth-order valence-corrected chi connectivity index (χ4v) is 3.55. The molecule has 4 rings (SSSR count). The first-order chi connectivity index (χ1) is 12.1. The Morgan fingerprint density at radius 2 is 2.00 bits per heavy atom. The number of hydrogen-bond donors (Lipinski definition) is 2. The number of anilines is 2. The number of nitrogen functional groups attached to an aromatic ring is 1. The van der Waals surface area contributed by atoms with Gasteiger partial charge in [-0.25, -0.2) is 4.98 Å². The number of aromatic nitrogens is 6. The molecule has 0 atom stereocenters. The van der Waals surface area contributed by atoms with Gasteiger partial charge >= 0.3 is 0 Å². The summed E-state index contributed by atoms with van der Waals surface area (Å²) in [5.41, 5.74) is 10.1. The molecule has 1 aromatic carbocycles. The molecule has 0 aliphatic carbocycles. The van der Waals surface area contributed by atoms with Gasteiger partial charge in [0.15, 0.2) is 5.95 Å². The Morgan fingerprint density at radius 3 is 2.68 bits per heavy atom. The fraction of sp³-hybridized carbons (Fsp3) is 0.412. The summed E-state index contributed by atoms with van der Waals surface area (Å²) in [5, 5.41) is 12.3. The Bertz CT molecular complexity index is 872. The first-order valence-electron chi connectivity index (χ1n) is 8.54. The molecule has 0 spiro atoms. The van der Waals surface area contributed by atoms with Gasteiger partial charge in [0.2, 0.25) is 5.95 Å². The highest BCUT2D eigenvalue weighted by Gasteiger charge is 2.27. The quantitative estimate of drug-likeness (QED) is 0.757. The monoisotopic (exact) mass is 338 g/mol. The molecule has 3 heterocycles. The lowest BCUT2D eigenvalue weighted by molar-refractivity contribution is 0.488. The van der Waals surface area contributed by atoms with Gasteiger partial charge in [-0.05, 0) is 54.8 Å². The highest BCUT2D eigenvalue weighted by atomic mass is 15.6. The number of hydrogen-bond acceptors (Lipinski definition) is 6. The lowest BCUT2D eigenvalue weighted by Crippen LogP contribution is -2.35. The molecule has 0 saturated carbocycles. The molecule has 0 radical (unpaired) electrons. The van der Waals surface area contributed by atoms with Crippen LogP contribution in [-0.2, 0) is 0 Å². The lowest BCUT2D eigenvalue weighted by atomic mass is 9.93. The molecule has 2 aromatic heterocycles. The first kappa shape index (κ1) is 15.6. The van der Waals surface area contributed by atoms with Gasteiger partial charge in [-0.1, -0.05) is 17.2 Å². The van der Waals surface area contributed by atoms with Gasteiger partial charge in [-0.15, -0.1) is 0 Å². The van der Waals surface area contributed by atoms with Crippen LogP contribution in [0.1, 0.15) is 35.7 Å². The van der Waals surface area contributed by atoms with E-state index in [1.807, 2.05) is 23.7 Å². The zero-order valence-corrected chi connectivity index (χ0v) is 14.5. The van der Waals surface area contributed by atoms with E-state index >= 15 is 0 Å². The van der Waals surface area contributed by atoms with Crippen molar-refractivity contribution in [3.05, 3.63) is 41.2 Å². The number of H-pyrrole nitrogens is 1. The van der Waals surface area contributed by atoms with Crippen molar-refractivity contribution in [3.63, 3.8) is 0 Å². The van der Waals surface area contributed by atoms with E-state index in [2.05, 4.69) is 49.4 Å². The van der Waals surface area contributed by atoms with E-state index in [1.165, 1.54) is 5.56 Å². The minimum absolute atomic E-state index is 0.424. The van der Waals surface area contributed by atoms with Crippen molar-refractivity contribution in [2.75, 3.05) is 23.7 Å². The normalized spacial score (nSPS) is 15.7. The predicted molar refractivity (Wildman–Crippen MR) is 95.8 cm³/mol. The zero-order chi connectivity index (χ0) is 17.4. The maximum Gasteiger partial charge on any atom is 0.250 e. The molecule has 1 saturated heterocycles. The maximum absolute atomic E-state index is 5.78. The molecule has 3 aromatic rings. The number of aryl methyl sites for hydroxylation is 2. The second-order valence-corrected chi connectivity index (χ2v) is 6.62. The molecule has 8 nitrogen and oxygen atoms in total. The molecule has 1 aliphatic heterocycles. The van der Waals surface area contributed by atoms with E-state index in [4.69, 9.17) is 5.73 Å². The van der Waals surface area contributed by atoms with E-state index in [0.717, 1.165) is 49.0 Å². The van der Waals surface area contributed by atoms with Gasteiger partial charge in [0.25, 0.3) is 0 Å². The Balaban J connectivity index is 1.52. The number of nitrogens with two attached hydrogens (primary N) is 1. The summed E-state index contributed by atoms with van der Waals surface area (Å²) in [7, 11) is 0. The van der Waals surface area contributed by atoms with Crippen LogP contribution in [0.15, 0.2) is 24.3 Å². The lowest BCUT2D eigenvalue weighted by Gasteiger charge is -2.31. The Hall–Kier alpha value is -2.90. The number of imidazole rings is 1. The second kappa shape index (κ2) is 6.19. The molecule has 1 fully saturated rings. The van der Waals surface area contributed by atoms with Crippen molar-refractivity contribution in [1.82, 2.24) is 30.2 Å². The number of nitrogens with one attached hydrogen (secondary N) is 1. The Labute approximate surface area is 146 Å². The summed E-state index contributed by atoms with van der Waals surface area (Å²) >= 11 is 0. The van der Waals surface area contributed by atoms with Crippen molar-refractivity contribution in [2.45, 2.75) is 32.6 Å². The van der Waals surface area contributed by atoms with Crippen LogP contribution in [0.25, 0.3) is 5.69 Å². The molecule has 0 amide bonds. The highest BCUT2D eigenvalue weighted by molar-refractivity contribution is 5.43. The van der Waals surface area contributed by atoms with Crippen molar-refractivity contribution in [2.24, 2.45) is 0 Å². The van der Waals surface area contributed by atoms with E-state index < -0.39 is 0 Å². The molecule has 0 bridgehead atoms. The summed E-state index contributed by atoms with van der Waals surface area (Å²) < 4.78 is 1.81. The Kier molecular flexibility index (Phi) is 3.87. The van der Waals surface area contributed by atoms with E-state index in [9.17, 15) is 0 Å². The smallest absolute Gasteiger partial charge is 0.250 e. The number of rotatable bonds is 3. The van der Waals surface area contributed by atoms with E-state index in [1.54, 1.807) is 0 Å². The summed E-state index contributed by atoms with van der Waals surface area (Å²) in [6.07, 6.45) is 2.01. The molecule has 1 aliphatic rings. The molecule has 3 N–H and O–H groups in total. The number of tetrazole rings is 1. The van der Waals surface area contributed by atoms with Crippen LogP contribution in [0.5, 0.6) is 0 Å². The van der Waals surface area contributed by atoms with E-state index in [-0.39, 0.29) is 0 Å². The summed E-state index contributed by atoms with van der Waals surface area (Å²) in [4.78, 5) is 9.79. The summed E-state index contributed by atoms with van der Waals surface area (Å²) in [6.45, 7) is 5.88. The molecule has 130 valence electrons. The first-order valence-corrected chi connectivity index (χ1v) is 8.54. The standard InChI is InChI=1S/C17H22N8/c1-11-4-3-5-14(10-11)25-17(21-22-23-25)24-8-6-13(7-9-24)15-12(2)19-16(18)20-15/h3-5,10,13H,6-9H2,1-2H3,(H3,18,19,20). The third-order valence-corrected chi connectivity index (χ3v) is 4.80. The van der Waals surface area contributed by atoms with Crippen molar-refractivity contribution < 1.29 is 0 Å². The second-order valence-electron chi connectivity index (χ2n) is 6.62. The molecule has 0 unspecified atom stereocenters.